The van der Waals surface area contributed by atoms with Crippen LogP contribution in [-0.4, -0.2) is 38.4 Å². The molecule has 1 aliphatic heterocycles. The summed E-state index contributed by atoms with van der Waals surface area (Å²) in [5.41, 5.74) is 0.832. The van der Waals surface area contributed by atoms with Crippen molar-refractivity contribution in [3.8, 4) is 0 Å². The molecular weight excluding hydrogens is 206 g/mol. The lowest BCUT2D eigenvalue weighted by molar-refractivity contribution is -0.0231. The predicted molar refractivity (Wildman–Crippen MR) is 59.0 cm³/mol. The molecule has 0 aliphatic carbocycles. The monoisotopic (exact) mass is 225 g/mol. The lowest BCUT2D eigenvalue weighted by atomic mass is 10.1. The standard InChI is InChI=1S/C11H19N3O2/c1-11(2)5-3-10(16-11)8-14-7-9(4-6-15)12-13-14/h7,10,15H,3-6,8H2,1-2H3. The molecule has 2 rings (SSSR count). The summed E-state index contributed by atoms with van der Waals surface area (Å²) in [4.78, 5) is 0. The number of hydrogen-bond acceptors (Lipinski definition) is 4. The highest BCUT2D eigenvalue weighted by molar-refractivity contribution is 4.92. The maximum absolute atomic E-state index is 8.78. The van der Waals surface area contributed by atoms with Gasteiger partial charge in [0.25, 0.3) is 0 Å². The summed E-state index contributed by atoms with van der Waals surface area (Å²) in [6.45, 7) is 5.10. The number of aliphatic hydroxyl groups is 1. The number of aliphatic hydroxyl groups excluding tert-OH is 1. The molecule has 0 aromatic carbocycles. The molecule has 1 aromatic rings. The van der Waals surface area contributed by atoms with Crippen LogP contribution in [0, 0.1) is 0 Å². The minimum absolute atomic E-state index is 0.000817. The van der Waals surface area contributed by atoms with Crippen molar-refractivity contribution >= 4 is 0 Å². The highest BCUT2D eigenvalue weighted by atomic mass is 16.5. The van der Waals surface area contributed by atoms with E-state index in [0.717, 1.165) is 25.1 Å². The van der Waals surface area contributed by atoms with Crippen molar-refractivity contribution in [3.63, 3.8) is 0 Å². The molecule has 1 fully saturated rings. The third kappa shape index (κ3) is 2.80. The Kier molecular flexibility index (Phi) is 3.25. The maximum atomic E-state index is 8.78. The minimum Gasteiger partial charge on any atom is -0.396 e. The Morgan fingerprint density at radius 2 is 2.44 bits per heavy atom. The Morgan fingerprint density at radius 1 is 1.62 bits per heavy atom. The van der Waals surface area contributed by atoms with Gasteiger partial charge in [0, 0.05) is 19.2 Å². The van der Waals surface area contributed by atoms with E-state index in [-0.39, 0.29) is 18.3 Å². The van der Waals surface area contributed by atoms with Gasteiger partial charge < -0.3 is 9.84 Å². The van der Waals surface area contributed by atoms with Crippen LogP contribution in [0.4, 0.5) is 0 Å². The van der Waals surface area contributed by atoms with Crippen LogP contribution in [0.15, 0.2) is 6.20 Å². The van der Waals surface area contributed by atoms with E-state index in [1.54, 1.807) is 4.68 Å². The average Bonchev–Trinajstić information content (AvgIpc) is 2.75. The van der Waals surface area contributed by atoms with E-state index >= 15 is 0 Å². The lowest BCUT2D eigenvalue weighted by Crippen LogP contribution is -2.23. The first-order valence-corrected chi connectivity index (χ1v) is 5.77. The summed E-state index contributed by atoms with van der Waals surface area (Å²) in [6, 6.07) is 0. The van der Waals surface area contributed by atoms with Crippen LogP contribution < -0.4 is 0 Å². The van der Waals surface area contributed by atoms with Crippen molar-refractivity contribution in [1.82, 2.24) is 15.0 Å². The van der Waals surface area contributed by atoms with E-state index in [9.17, 15) is 0 Å². The van der Waals surface area contributed by atoms with Gasteiger partial charge in [0.05, 0.1) is 23.9 Å². The zero-order chi connectivity index (χ0) is 11.6. The molecule has 5 heteroatoms. The fraction of sp³-hybridized carbons (Fsp3) is 0.818. The smallest absolute Gasteiger partial charge is 0.0849 e. The Balaban J connectivity index is 1.89. The number of rotatable bonds is 4. The van der Waals surface area contributed by atoms with Gasteiger partial charge in [-0.15, -0.1) is 5.10 Å². The fourth-order valence-electron chi connectivity index (χ4n) is 2.07. The van der Waals surface area contributed by atoms with Crippen LogP contribution >= 0.6 is 0 Å². The van der Waals surface area contributed by atoms with Crippen molar-refractivity contribution in [2.24, 2.45) is 0 Å². The number of ether oxygens (including phenoxy) is 1. The lowest BCUT2D eigenvalue weighted by Gasteiger charge is -2.18. The molecule has 0 saturated carbocycles. The highest BCUT2D eigenvalue weighted by Gasteiger charge is 2.31. The zero-order valence-electron chi connectivity index (χ0n) is 9.89. The third-order valence-electron chi connectivity index (χ3n) is 2.90. The van der Waals surface area contributed by atoms with Crippen LogP contribution in [-0.2, 0) is 17.7 Å². The molecule has 0 bridgehead atoms. The first kappa shape index (κ1) is 11.5. The van der Waals surface area contributed by atoms with Gasteiger partial charge in [-0.25, -0.2) is 4.68 Å². The van der Waals surface area contributed by atoms with Crippen LogP contribution in [0.3, 0.4) is 0 Å². The molecule has 90 valence electrons. The molecule has 1 aliphatic rings. The SMILES string of the molecule is CC1(C)CCC(Cn2cc(CCO)nn2)O1. The zero-order valence-corrected chi connectivity index (χ0v) is 9.89. The molecule has 0 amide bonds. The molecule has 1 aromatic heterocycles. The van der Waals surface area contributed by atoms with Gasteiger partial charge in [-0.2, -0.15) is 0 Å². The summed E-state index contributed by atoms with van der Waals surface area (Å²) in [7, 11) is 0. The summed E-state index contributed by atoms with van der Waals surface area (Å²) >= 11 is 0. The van der Waals surface area contributed by atoms with E-state index in [1.165, 1.54) is 0 Å². The van der Waals surface area contributed by atoms with Crippen molar-refractivity contribution in [3.05, 3.63) is 11.9 Å². The Bertz CT molecular complexity index is 349. The van der Waals surface area contributed by atoms with Gasteiger partial charge in [0.2, 0.25) is 0 Å². The number of hydrogen-bond donors (Lipinski definition) is 1. The predicted octanol–water partition coefficient (Wildman–Crippen LogP) is 0.770. The van der Waals surface area contributed by atoms with Gasteiger partial charge in [-0.3, -0.25) is 0 Å². The Hall–Kier alpha value is -0.940. The van der Waals surface area contributed by atoms with Gasteiger partial charge in [-0.1, -0.05) is 5.21 Å². The molecule has 1 N–H and O–H groups in total. The quantitative estimate of drug-likeness (QED) is 0.822. The normalized spacial score (nSPS) is 23.8. The summed E-state index contributed by atoms with van der Waals surface area (Å²) in [6.07, 6.45) is 4.85. The second-order valence-electron chi connectivity index (χ2n) is 4.94. The summed E-state index contributed by atoms with van der Waals surface area (Å²) in [5.74, 6) is 0. The second-order valence-corrected chi connectivity index (χ2v) is 4.94. The first-order chi connectivity index (χ1) is 7.59. The first-order valence-electron chi connectivity index (χ1n) is 5.77. The minimum atomic E-state index is -0.000817. The van der Waals surface area contributed by atoms with Gasteiger partial charge in [-0.05, 0) is 26.7 Å². The van der Waals surface area contributed by atoms with Gasteiger partial charge in [0.1, 0.15) is 0 Å². The Labute approximate surface area is 95.4 Å². The van der Waals surface area contributed by atoms with Gasteiger partial charge >= 0.3 is 0 Å². The van der Waals surface area contributed by atoms with Crippen LogP contribution in [0.1, 0.15) is 32.4 Å². The van der Waals surface area contributed by atoms with Crippen LogP contribution in [0.5, 0.6) is 0 Å². The molecule has 1 atom stereocenters. The largest absolute Gasteiger partial charge is 0.396 e. The van der Waals surface area contributed by atoms with Crippen LogP contribution in [0.2, 0.25) is 0 Å². The Morgan fingerprint density at radius 3 is 3.06 bits per heavy atom. The summed E-state index contributed by atoms with van der Waals surface area (Å²) in [5, 5.41) is 16.8. The van der Waals surface area contributed by atoms with Crippen LogP contribution in [0.25, 0.3) is 0 Å². The molecule has 2 heterocycles. The molecule has 5 nitrogen and oxygen atoms in total. The molecule has 1 saturated heterocycles. The fourth-order valence-corrected chi connectivity index (χ4v) is 2.07. The molecule has 0 spiro atoms. The molecule has 16 heavy (non-hydrogen) atoms. The van der Waals surface area contributed by atoms with Crippen molar-refractivity contribution < 1.29 is 9.84 Å². The molecule has 0 radical (unpaired) electrons. The highest BCUT2D eigenvalue weighted by Crippen LogP contribution is 2.29. The van der Waals surface area contributed by atoms with E-state index in [4.69, 9.17) is 9.84 Å². The third-order valence-corrected chi connectivity index (χ3v) is 2.90. The molecule has 1 unspecified atom stereocenters. The van der Waals surface area contributed by atoms with Crippen molar-refractivity contribution in [1.29, 1.82) is 0 Å². The topological polar surface area (TPSA) is 60.2 Å². The van der Waals surface area contributed by atoms with Gasteiger partial charge in [0.15, 0.2) is 0 Å². The van der Waals surface area contributed by atoms with E-state index in [0.29, 0.717) is 6.42 Å². The van der Waals surface area contributed by atoms with E-state index in [1.807, 2.05) is 6.20 Å². The number of nitrogens with zero attached hydrogens (tertiary/aromatic N) is 3. The van der Waals surface area contributed by atoms with E-state index < -0.39 is 0 Å². The van der Waals surface area contributed by atoms with Crippen molar-refractivity contribution in [2.45, 2.75) is 51.4 Å². The molecular formula is C11H19N3O2. The maximum Gasteiger partial charge on any atom is 0.0849 e. The van der Waals surface area contributed by atoms with Crippen molar-refractivity contribution in [2.75, 3.05) is 6.61 Å². The number of aromatic nitrogens is 3. The second kappa shape index (κ2) is 4.51. The summed E-state index contributed by atoms with van der Waals surface area (Å²) < 4.78 is 7.69. The van der Waals surface area contributed by atoms with E-state index in [2.05, 4.69) is 24.2 Å². The average molecular weight is 225 g/mol.